The lowest BCUT2D eigenvalue weighted by atomic mass is 9.97. The molecule has 5 nitrogen and oxygen atoms in total. The van der Waals surface area contributed by atoms with Crippen LogP contribution in [0.1, 0.15) is 41.6 Å². The number of carbonyl (C=O) groups excluding carboxylic acids is 1. The van der Waals surface area contributed by atoms with Gasteiger partial charge >= 0.3 is 0 Å². The monoisotopic (exact) mass is 515 g/mol. The second kappa shape index (κ2) is 11.8. The lowest BCUT2D eigenvalue weighted by Crippen LogP contribution is -2.20. The summed E-state index contributed by atoms with van der Waals surface area (Å²) >= 11 is 1.60. The van der Waals surface area contributed by atoms with E-state index in [1.807, 2.05) is 66.7 Å². The summed E-state index contributed by atoms with van der Waals surface area (Å²) in [5.41, 5.74) is 2.34. The van der Waals surface area contributed by atoms with Gasteiger partial charge in [-0.05, 0) is 118 Å². The number of hydrogen-bond donors (Lipinski definition) is 0. The van der Waals surface area contributed by atoms with Crippen molar-refractivity contribution in [1.29, 1.82) is 0 Å². The SMILES string of the molecule is COc1ccc(-c2sc3cc(OC)ccc3c2C(=O)c2ccc(OCCCCN3CCCC3)cc2)cc1. The maximum Gasteiger partial charge on any atom is 0.195 e. The van der Waals surface area contributed by atoms with E-state index >= 15 is 0 Å². The molecule has 0 aliphatic carbocycles. The van der Waals surface area contributed by atoms with Crippen molar-refractivity contribution < 1.29 is 19.0 Å². The van der Waals surface area contributed by atoms with E-state index in [9.17, 15) is 4.79 Å². The van der Waals surface area contributed by atoms with E-state index in [4.69, 9.17) is 14.2 Å². The van der Waals surface area contributed by atoms with Crippen LogP contribution in [0.15, 0.2) is 66.7 Å². The van der Waals surface area contributed by atoms with Crippen molar-refractivity contribution in [3.05, 3.63) is 77.9 Å². The van der Waals surface area contributed by atoms with Gasteiger partial charge in [0.2, 0.25) is 0 Å². The van der Waals surface area contributed by atoms with Crippen LogP contribution in [0.5, 0.6) is 17.2 Å². The quantitative estimate of drug-likeness (QED) is 0.158. The third-order valence-electron chi connectivity index (χ3n) is 6.93. The highest BCUT2D eigenvalue weighted by Gasteiger charge is 2.22. The van der Waals surface area contributed by atoms with E-state index in [0.29, 0.717) is 17.7 Å². The summed E-state index contributed by atoms with van der Waals surface area (Å²) < 4.78 is 17.7. The van der Waals surface area contributed by atoms with Crippen LogP contribution in [0.2, 0.25) is 0 Å². The van der Waals surface area contributed by atoms with E-state index in [2.05, 4.69) is 4.90 Å². The number of nitrogens with zero attached hydrogens (tertiary/aromatic N) is 1. The Bertz CT molecular complexity index is 1340. The minimum atomic E-state index is -0.000557. The summed E-state index contributed by atoms with van der Waals surface area (Å²) in [5, 5.41) is 0.931. The van der Waals surface area contributed by atoms with Gasteiger partial charge in [-0.25, -0.2) is 0 Å². The third kappa shape index (κ3) is 5.81. The number of thiophene rings is 1. The highest BCUT2D eigenvalue weighted by molar-refractivity contribution is 7.22. The summed E-state index contributed by atoms with van der Waals surface area (Å²) in [5.74, 6) is 2.36. The van der Waals surface area contributed by atoms with E-state index in [0.717, 1.165) is 57.2 Å². The summed E-state index contributed by atoms with van der Waals surface area (Å²) in [7, 11) is 3.31. The largest absolute Gasteiger partial charge is 0.497 e. The van der Waals surface area contributed by atoms with E-state index in [-0.39, 0.29) is 5.78 Å². The first-order valence-electron chi connectivity index (χ1n) is 12.9. The van der Waals surface area contributed by atoms with Crippen LogP contribution in [0.3, 0.4) is 0 Å². The van der Waals surface area contributed by atoms with E-state index in [1.54, 1.807) is 25.6 Å². The van der Waals surface area contributed by atoms with E-state index in [1.165, 1.54) is 25.9 Å². The third-order valence-corrected chi connectivity index (χ3v) is 8.13. The molecule has 1 saturated heterocycles. The smallest absolute Gasteiger partial charge is 0.195 e. The molecular formula is C31H33NO4S. The van der Waals surface area contributed by atoms with Crippen LogP contribution >= 0.6 is 11.3 Å². The van der Waals surface area contributed by atoms with Crippen molar-refractivity contribution in [2.24, 2.45) is 0 Å². The molecule has 0 amide bonds. The first-order chi connectivity index (χ1) is 18.2. The van der Waals surface area contributed by atoms with Crippen molar-refractivity contribution in [2.75, 3.05) is 40.5 Å². The van der Waals surface area contributed by atoms with Gasteiger partial charge in [-0.2, -0.15) is 0 Å². The zero-order valence-electron chi connectivity index (χ0n) is 21.5. The van der Waals surface area contributed by atoms with Crippen molar-refractivity contribution in [2.45, 2.75) is 25.7 Å². The second-order valence-electron chi connectivity index (χ2n) is 9.35. The number of rotatable bonds is 11. The minimum absolute atomic E-state index is 0.000557. The molecule has 0 radical (unpaired) electrons. The molecule has 0 spiro atoms. The Morgan fingerprint density at radius 3 is 2.22 bits per heavy atom. The number of hydrogen-bond acceptors (Lipinski definition) is 6. The van der Waals surface area contributed by atoms with E-state index < -0.39 is 0 Å². The normalized spacial score (nSPS) is 13.7. The van der Waals surface area contributed by atoms with Gasteiger partial charge in [0.15, 0.2) is 5.78 Å². The number of ether oxygens (including phenoxy) is 3. The van der Waals surface area contributed by atoms with Crippen LogP contribution in [0, 0.1) is 0 Å². The number of benzene rings is 3. The molecule has 6 heteroatoms. The standard InChI is InChI=1S/C31H33NO4S/c1-34-24-11-9-23(10-12-24)31-29(27-16-15-26(35-2)21-28(27)37-31)30(33)22-7-13-25(14-8-22)36-20-6-5-19-32-17-3-4-18-32/h7-16,21H,3-6,17-20H2,1-2H3. The first kappa shape index (κ1) is 25.3. The molecule has 1 aromatic heterocycles. The van der Waals surface area contributed by atoms with Gasteiger partial charge < -0.3 is 19.1 Å². The number of ketones is 1. The Morgan fingerprint density at radius 1 is 0.838 bits per heavy atom. The fraction of sp³-hybridized carbons (Fsp3) is 0.323. The topological polar surface area (TPSA) is 48.0 Å². The molecule has 0 saturated carbocycles. The maximum atomic E-state index is 13.8. The van der Waals surface area contributed by atoms with Gasteiger partial charge in [0, 0.05) is 26.1 Å². The highest BCUT2D eigenvalue weighted by Crippen LogP contribution is 2.41. The van der Waals surface area contributed by atoms with Gasteiger partial charge in [-0.3, -0.25) is 4.79 Å². The first-order valence-corrected chi connectivity index (χ1v) is 13.7. The van der Waals surface area contributed by atoms with Crippen LogP contribution in [0.4, 0.5) is 0 Å². The number of methoxy groups -OCH3 is 2. The van der Waals surface area contributed by atoms with Gasteiger partial charge in [-0.15, -0.1) is 11.3 Å². The highest BCUT2D eigenvalue weighted by atomic mass is 32.1. The lowest BCUT2D eigenvalue weighted by molar-refractivity contribution is 0.104. The summed E-state index contributed by atoms with van der Waals surface area (Å²) in [6.45, 7) is 4.33. The van der Waals surface area contributed by atoms with Gasteiger partial charge in [-0.1, -0.05) is 0 Å². The molecule has 37 heavy (non-hydrogen) atoms. The molecule has 192 valence electrons. The molecule has 0 atom stereocenters. The van der Waals surface area contributed by atoms with Crippen LogP contribution in [-0.4, -0.2) is 51.1 Å². The molecule has 2 heterocycles. The Morgan fingerprint density at radius 2 is 1.51 bits per heavy atom. The maximum absolute atomic E-state index is 13.8. The molecule has 4 aromatic rings. The average Bonchev–Trinajstić information content (AvgIpc) is 3.60. The Kier molecular flexibility index (Phi) is 8.07. The van der Waals surface area contributed by atoms with Crippen LogP contribution in [-0.2, 0) is 0 Å². The molecule has 0 N–H and O–H groups in total. The number of unbranched alkanes of at least 4 members (excludes halogenated alkanes) is 1. The van der Waals surface area contributed by atoms with Gasteiger partial charge in [0.25, 0.3) is 0 Å². The molecule has 1 aliphatic rings. The number of fused-ring (bicyclic) bond motifs is 1. The molecule has 1 aliphatic heterocycles. The molecule has 5 rings (SSSR count). The lowest BCUT2D eigenvalue weighted by Gasteiger charge is -2.14. The summed E-state index contributed by atoms with van der Waals surface area (Å²) in [6.07, 6.45) is 4.85. The number of carbonyl (C=O) groups is 1. The molecule has 0 unspecified atom stereocenters. The zero-order valence-corrected chi connectivity index (χ0v) is 22.3. The van der Waals surface area contributed by atoms with Gasteiger partial charge in [0.05, 0.1) is 20.8 Å². The zero-order chi connectivity index (χ0) is 25.6. The van der Waals surface area contributed by atoms with Crippen molar-refractivity contribution in [3.63, 3.8) is 0 Å². The predicted octanol–water partition coefficient (Wildman–Crippen LogP) is 7.07. The van der Waals surface area contributed by atoms with Crippen molar-refractivity contribution in [1.82, 2.24) is 4.90 Å². The summed E-state index contributed by atoms with van der Waals surface area (Å²) in [6, 6.07) is 21.3. The molecule has 3 aromatic carbocycles. The Labute approximate surface area is 222 Å². The van der Waals surface area contributed by atoms with Crippen LogP contribution < -0.4 is 14.2 Å². The van der Waals surface area contributed by atoms with Crippen molar-refractivity contribution in [3.8, 4) is 27.7 Å². The fourth-order valence-corrected chi connectivity index (χ4v) is 6.09. The molecular weight excluding hydrogens is 482 g/mol. The Balaban J connectivity index is 1.34. The summed E-state index contributed by atoms with van der Waals surface area (Å²) in [4.78, 5) is 17.3. The molecule has 0 bridgehead atoms. The second-order valence-corrected chi connectivity index (χ2v) is 10.4. The average molecular weight is 516 g/mol. The molecule has 1 fully saturated rings. The van der Waals surface area contributed by atoms with Crippen LogP contribution in [0.25, 0.3) is 20.5 Å². The Hall–Kier alpha value is -3.35. The number of likely N-dealkylation sites (tertiary alicyclic amines) is 1. The minimum Gasteiger partial charge on any atom is -0.497 e. The van der Waals surface area contributed by atoms with Gasteiger partial charge in [0.1, 0.15) is 17.2 Å². The predicted molar refractivity (Wildman–Crippen MR) is 151 cm³/mol. The fourth-order valence-electron chi connectivity index (χ4n) is 4.86. The van der Waals surface area contributed by atoms with Crippen molar-refractivity contribution >= 4 is 27.2 Å².